The molecule has 0 radical (unpaired) electrons. The van der Waals surface area contributed by atoms with Crippen molar-refractivity contribution >= 4 is 11.6 Å². The lowest BCUT2D eigenvalue weighted by Crippen LogP contribution is -2.28. The van der Waals surface area contributed by atoms with Crippen LogP contribution in [0.25, 0.3) is 0 Å². The predicted octanol–water partition coefficient (Wildman–Crippen LogP) is 2.05. The molecule has 1 amide bonds. The minimum Gasteiger partial charge on any atom is -0.398 e. The molecular formula is C12H15F3N2O2. The first kappa shape index (κ1) is 15.3. The highest BCUT2D eigenvalue weighted by Crippen LogP contribution is 2.34. The number of amides is 1. The van der Waals surface area contributed by atoms with E-state index in [0.29, 0.717) is 13.2 Å². The predicted molar refractivity (Wildman–Crippen MR) is 64.7 cm³/mol. The maximum absolute atomic E-state index is 12.6. The Morgan fingerprint density at radius 2 is 2.11 bits per heavy atom. The number of carbonyl (C=O) groups is 1. The lowest BCUT2D eigenvalue weighted by atomic mass is 10.1. The topological polar surface area (TPSA) is 64.3 Å². The summed E-state index contributed by atoms with van der Waals surface area (Å²) in [5, 5.41) is 2.44. The van der Waals surface area contributed by atoms with E-state index in [0.717, 1.165) is 12.1 Å². The van der Waals surface area contributed by atoms with Crippen molar-refractivity contribution in [2.24, 2.45) is 0 Å². The van der Waals surface area contributed by atoms with Crippen molar-refractivity contribution in [1.29, 1.82) is 0 Å². The zero-order valence-electron chi connectivity index (χ0n) is 10.4. The van der Waals surface area contributed by atoms with Gasteiger partial charge in [0.05, 0.1) is 23.4 Å². The first-order chi connectivity index (χ1) is 8.88. The number of benzene rings is 1. The van der Waals surface area contributed by atoms with Gasteiger partial charge in [0.15, 0.2) is 0 Å². The largest absolute Gasteiger partial charge is 0.418 e. The zero-order chi connectivity index (χ0) is 14.5. The molecule has 0 aromatic heterocycles. The lowest BCUT2D eigenvalue weighted by molar-refractivity contribution is -0.136. The van der Waals surface area contributed by atoms with Crippen LogP contribution in [0.1, 0.15) is 22.8 Å². The van der Waals surface area contributed by atoms with Gasteiger partial charge in [-0.3, -0.25) is 4.79 Å². The highest BCUT2D eigenvalue weighted by molar-refractivity contribution is 5.99. The Morgan fingerprint density at radius 3 is 2.68 bits per heavy atom. The molecule has 3 N–H and O–H groups in total. The molecule has 0 saturated heterocycles. The minimum atomic E-state index is -4.58. The molecule has 0 bridgehead atoms. The van der Waals surface area contributed by atoms with Crippen molar-refractivity contribution in [2.75, 3.05) is 25.5 Å². The van der Waals surface area contributed by atoms with Gasteiger partial charge >= 0.3 is 6.18 Å². The van der Waals surface area contributed by atoms with Crippen LogP contribution in [0.2, 0.25) is 0 Å². The third kappa shape index (κ3) is 4.13. The first-order valence-corrected chi connectivity index (χ1v) is 5.69. The minimum absolute atomic E-state index is 0.189. The van der Waals surface area contributed by atoms with Crippen LogP contribution >= 0.6 is 0 Å². The van der Waals surface area contributed by atoms with E-state index in [1.165, 1.54) is 6.07 Å². The van der Waals surface area contributed by atoms with E-state index in [1.54, 1.807) is 6.92 Å². The molecule has 106 valence electrons. The molecular weight excluding hydrogens is 261 g/mol. The second-order valence-corrected chi connectivity index (χ2v) is 3.72. The summed E-state index contributed by atoms with van der Waals surface area (Å²) in [6.45, 7) is 2.80. The van der Waals surface area contributed by atoms with Gasteiger partial charge < -0.3 is 15.8 Å². The molecule has 1 aromatic rings. The van der Waals surface area contributed by atoms with Crippen molar-refractivity contribution < 1.29 is 22.7 Å². The number of ether oxygens (including phenoxy) is 1. The summed E-state index contributed by atoms with van der Waals surface area (Å²) in [6, 6.07) is 3.24. The van der Waals surface area contributed by atoms with Gasteiger partial charge in [0.1, 0.15) is 0 Å². The maximum Gasteiger partial charge on any atom is 0.418 e. The van der Waals surface area contributed by atoms with Crippen LogP contribution in [-0.2, 0) is 10.9 Å². The molecule has 0 aliphatic heterocycles. The third-order valence-electron chi connectivity index (χ3n) is 2.39. The second-order valence-electron chi connectivity index (χ2n) is 3.72. The van der Waals surface area contributed by atoms with Crippen LogP contribution < -0.4 is 11.1 Å². The summed E-state index contributed by atoms with van der Waals surface area (Å²) in [6.07, 6.45) is -4.58. The van der Waals surface area contributed by atoms with E-state index in [2.05, 4.69) is 5.32 Å². The molecule has 0 unspecified atom stereocenters. The molecule has 0 aliphatic rings. The zero-order valence-corrected chi connectivity index (χ0v) is 10.4. The Bertz CT molecular complexity index is 447. The van der Waals surface area contributed by atoms with Crippen LogP contribution in [-0.4, -0.2) is 25.7 Å². The summed E-state index contributed by atoms with van der Waals surface area (Å²) in [5.74, 6) is -0.650. The van der Waals surface area contributed by atoms with Gasteiger partial charge in [-0.1, -0.05) is 6.07 Å². The average Bonchev–Trinajstić information content (AvgIpc) is 2.33. The van der Waals surface area contributed by atoms with Crippen LogP contribution in [0.15, 0.2) is 18.2 Å². The van der Waals surface area contributed by atoms with Gasteiger partial charge in [-0.05, 0) is 19.1 Å². The number of hydrogen-bond donors (Lipinski definition) is 2. The molecule has 4 nitrogen and oxygen atoms in total. The fraction of sp³-hybridized carbons (Fsp3) is 0.417. The Kier molecular flexibility index (Phi) is 5.17. The normalized spacial score (nSPS) is 11.4. The Labute approximate surface area is 108 Å². The summed E-state index contributed by atoms with van der Waals surface area (Å²) >= 11 is 0. The molecule has 0 aliphatic carbocycles. The Balaban J connectivity index is 2.81. The van der Waals surface area contributed by atoms with E-state index in [-0.39, 0.29) is 12.1 Å². The van der Waals surface area contributed by atoms with E-state index in [4.69, 9.17) is 10.5 Å². The van der Waals surface area contributed by atoms with Crippen molar-refractivity contribution in [3.05, 3.63) is 29.3 Å². The van der Waals surface area contributed by atoms with Gasteiger partial charge in [0.2, 0.25) is 0 Å². The van der Waals surface area contributed by atoms with E-state index in [9.17, 15) is 18.0 Å². The van der Waals surface area contributed by atoms with Crippen LogP contribution in [0.5, 0.6) is 0 Å². The number of alkyl halides is 3. The molecule has 0 atom stereocenters. The van der Waals surface area contributed by atoms with Gasteiger partial charge in [-0.25, -0.2) is 0 Å². The van der Waals surface area contributed by atoms with Gasteiger partial charge in [-0.15, -0.1) is 0 Å². The molecule has 1 aromatic carbocycles. The van der Waals surface area contributed by atoms with Crippen LogP contribution in [0, 0.1) is 0 Å². The lowest BCUT2D eigenvalue weighted by Gasteiger charge is -2.13. The first-order valence-electron chi connectivity index (χ1n) is 5.69. The summed E-state index contributed by atoms with van der Waals surface area (Å²) in [7, 11) is 0. The average molecular weight is 276 g/mol. The fourth-order valence-electron chi connectivity index (χ4n) is 1.49. The smallest absolute Gasteiger partial charge is 0.398 e. The fourth-order valence-corrected chi connectivity index (χ4v) is 1.49. The molecule has 7 heteroatoms. The van der Waals surface area contributed by atoms with Gasteiger partial charge in [0, 0.05) is 13.2 Å². The molecule has 19 heavy (non-hydrogen) atoms. The summed E-state index contributed by atoms with van der Waals surface area (Å²) in [4.78, 5) is 11.7. The number of nitrogens with two attached hydrogens (primary N) is 1. The highest BCUT2D eigenvalue weighted by atomic mass is 19.4. The molecule has 0 saturated carbocycles. The van der Waals surface area contributed by atoms with Gasteiger partial charge in [-0.2, -0.15) is 13.2 Å². The number of anilines is 1. The highest BCUT2D eigenvalue weighted by Gasteiger charge is 2.34. The van der Waals surface area contributed by atoms with E-state index >= 15 is 0 Å². The molecule has 1 rings (SSSR count). The maximum atomic E-state index is 12.6. The van der Waals surface area contributed by atoms with Crippen molar-refractivity contribution in [3.63, 3.8) is 0 Å². The molecule has 0 spiro atoms. The molecule has 0 fully saturated rings. The SMILES string of the molecule is CCOCCNC(=O)c1cccc(C(F)(F)F)c1N. The number of carbonyl (C=O) groups excluding carboxylic acids is 1. The van der Waals surface area contributed by atoms with Crippen molar-refractivity contribution in [3.8, 4) is 0 Å². The monoisotopic (exact) mass is 276 g/mol. The summed E-state index contributed by atoms with van der Waals surface area (Å²) in [5.41, 5.74) is 3.62. The van der Waals surface area contributed by atoms with Crippen molar-refractivity contribution in [1.82, 2.24) is 5.32 Å². The number of para-hydroxylation sites is 1. The van der Waals surface area contributed by atoms with Crippen LogP contribution in [0.4, 0.5) is 18.9 Å². The van der Waals surface area contributed by atoms with Crippen molar-refractivity contribution in [2.45, 2.75) is 13.1 Å². The quantitative estimate of drug-likeness (QED) is 0.639. The Morgan fingerprint density at radius 1 is 1.42 bits per heavy atom. The number of rotatable bonds is 5. The second kappa shape index (κ2) is 6.42. The standard InChI is InChI=1S/C12H15F3N2O2/c1-2-19-7-6-17-11(18)8-4-3-5-9(10(8)16)12(13,14)15/h3-5H,2,6-7,16H2,1H3,(H,17,18). The van der Waals surface area contributed by atoms with Gasteiger partial charge in [0.25, 0.3) is 5.91 Å². The van der Waals surface area contributed by atoms with Crippen LogP contribution in [0.3, 0.4) is 0 Å². The number of nitrogens with one attached hydrogen (secondary N) is 1. The summed E-state index contributed by atoms with van der Waals surface area (Å²) < 4.78 is 42.8. The number of nitrogen functional groups attached to an aromatic ring is 1. The number of hydrogen-bond acceptors (Lipinski definition) is 3. The Hall–Kier alpha value is -1.76. The number of halogens is 3. The third-order valence-corrected chi connectivity index (χ3v) is 2.39. The van der Waals surface area contributed by atoms with E-state index < -0.39 is 23.3 Å². The van der Waals surface area contributed by atoms with E-state index in [1.807, 2.05) is 0 Å². The molecule has 0 heterocycles.